The highest BCUT2D eigenvalue weighted by Gasteiger charge is 2.13. The second-order valence-corrected chi connectivity index (χ2v) is 5.27. The number of para-hydroxylation sites is 1. The molecule has 0 spiro atoms. The Morgan fingerprint density at radius 1 is 1.00 bits per heavy atom. The third-order valence-electron chi connectivity index (χ3n) is 3.34. The van der Waals surface area contributed by atoms with Gasteiger partial charge in [-0.3, -0.25) is 0 Å². The van der Waals surface area contributed by atoms with E-state index in [1.165, 1.54) is 0 Å². The molecule has 0 aromatic heterocycles. The van der Waals surface area contributed by atoms with Gasteiger partial charge in [-0.2, -0.15) is 5.26 Å². The van der Waals surface area contributed by atoms with Crippen molar-refractivity contribution in [3.05, 3.63) is 65.2 Å². The standard InChI is InChI=1S/C18H18ClNO/c19-18-12-5-4-11-17(18)15(14-20)8-6-7-13-21-16-9-2-1-3-10-16/h1-5,9-12,15H,6-8,13H2. The van der Waals surface area contributed by atoms with Gasteiger partial charge in [-0.15, -0.1) is 0 Å². The molecule has 0 saturated heterocycles. The van der Waals surface area contributed by atoms with E-state index in [4.69, 9.17) is 16.3 Å². The van der Waals surface area contributed by atoms with Crippen molar-refractivity contribution in [1.82, 2.24) is 0 Å². The van der Waals surface area contributed by atoms with Crippen molar-refractivity contribution >= 4 is 11.6 Å². The van der Waals surface area contributed by atoms with E-state index in [0.717, 1.165) is 30.6 Å². The average molecular weight is 300 g/mol. The number of rotatable bonds is 7. The van der Waals surface area contributed by atoms with E-state index in [9.17, 15) is 5.26 Å². The maximum absolute atomic E-state index is 9.30. The van der Waals surface area contributed by atoms with E-state index in [1.54, 1.807) is 0 Å². The number of unbranched alkanes of at least 4 members (excludes halogenated alkanes) is 1. The summed E-state index contributed by atoms with van der Waals surface area (Å²) in [7, 11) is 0. The summed E-state index contributed by atoms with van der Waals surface area (Å²) < 4.78 is 5.64. The minimum Gasteiger partial charge on any atom is -0.494 e. The van der Waals surface area contributed by atoms with Crippen LogP contribution in [0.2, 0.25) is 5.02 Å². The molecule has 1 unspecified atom stereocenters. The summed E-state index contributed by atoms with van der Waals surface area (Å²) in [4.78, 5) is 0. The molecule has 0 amide bonds. The number of nitriles is 1. The fraction of sp³-hybridized carbons (Fsp3) is 0.278. The lowest BCUT2D eigenvalue weighted by Crippen LogP contribution is -2.00. The minimum atomic E-state index is -0.143. The summed E-state index contributed by atoms with van der Waals surface area (Å²) in [5.74, 6) is 0.746. The van der Waals surface area contributed by atoms with Gasteiger partial charge in [-0.25, -0.2) is 0 Å². The van der Waals surface area contributed by atoms with Crippen molar-refractivity contribution < 1.29 is 4.74 Å². The molecule has 0 aliphatic heterocycles. The van der Waals surface area contributed by atoms with Crippen LogP contribution in [-0.4, -0.2) is 6.61 Å². The Hall–Kier alpha value is -1.98. The van der Waals surface area contributed by atoms with Crippen LogP contribution in [0, 0.1) is 11.3 Å². The van der Waals surface area contributed by atoms with Crippen LogP contribution in [-0.2, 0) is 0 Å². The van der Waals surface area contributed by atoms with Crippen LogP contribution in [0.5, 0.6) is 5.75 Å². The Morgan fingerprint density at radius 2 is 1.71 bits per heavy atom. The lowest BCUT2D eigenvalue weighted by atomic mass is 9.95. The summed E-state index contributed by atoms with van der Waals surface area (Å²) in [5.41, 5.74) is 0.922. The Morgan fingerprint density at radius 3 is 2.43 bits per heavy atom. The minimum absolute atomic E-state index is 0.143. The number of hydrogen-bond acceptors (Lipinski definition) is 2. The maximum Gasteiger partial charge on any atom is 0.119 e. The van der Waals surface area contributed by atoms with Crippen LogP contribution in [0.3, 0.4) is 0 Å². The van der Waals surface area contributed by atoms with Crippen LogP contribution in [0.15, 0.2) is 54.6 Å². The molecule has 2 aromatic rings. The van der Waals surface area contributed by atoms with E-state index in [-0.39, 0.29) is 5.92 Å². The quantitative estimate of drug-likeness (QED) is 0.659. The maximum atomic E-state index is 9.30. The topological polar surface area (TPSA) is 33.0 Å². The lowest BCUT2D eigenvalue weighted by Gasteiger charge is -2.11. The van der Waals surface area contributed by atoms with Gasteiger partial charge in [0.25, 0.3) is 0 Å². The highest BCUT2D eigenvalue weighted by Crippen LogP contribution is 2.27. The highest BCUT2D eigenvalue weighted by atomic mass is 35.5. The number of halogens is 1. The molecule has 0 radical (unpaired) electrons. The van der Waals surface area contributed by atoms with Gasteiger partial charge in [-0.05, 0) is 43.0 Å². The summed E-state index contributed by atoms with van der Waals surface area (Å²) in [6.45, 7) is 0.671. The third-order valence-corrected chi connectivity index (χ3v) is 3.68. The fourth-order valence-electron chi connectivity index (χ4n) is 2.20. The smallest absolute Gasteiger partial charge is 0.119 e. The molecule has 0 fully saturated rings. The predicted molar refractivity (Wildman–Crippen MR) is 85.6 cm³/mol. The molecule has 0 saturated carbocycles. The van der Waals surface area contributed by atoms with Gasteiger partial charge in [-0.1, -0.05) is 48.0 Å². The molecule has 108 valence electrons. The molecule has 0 aliphatic carbocycles. The van der Waals surface area contributed by atoms with Gasteiger partial charge in [0.1, 0.15) is 5.75 Å². The van der Waals surface area contributed by atoms with Crippen molar-refractivity contribution in [2.75, 3.05) is 6.61 Å². The highest BCUT2D eigenvalue weighted by molar-refractivity contribution is 6.31. The molecule has 0 N–H and O–H groups in total. The summed E-state index contributed by atoms with van der Waals surface area (Å²) in [6.07, 6.45) is 2.67. The Labute approximate surface area is 130 Å². The summed E-state index contributed by atoms with van der Waals surface area (Å²) in [5, 5.41) is 9.97. The monoisotopic (exact) mass is 299 g/mol. The Kier molecular flexibility index (Phi) is 6.12. The molecule has 0 bridgehead atoms. The number of nitrogens with zero attached hydrogens (tertiary/aromatic N) is 1. The first-order valence-corrected chi connectivity index (χ1v) is 7.51. The fourth-order valence-corrected chi connectivity index (χ4v) is 2.47. The van der Waals surface area contributed by atoms with E-state index in [0.29, 0.717) is 11.6 Å². The van der Waals surface area contributed by atoms with Crippen molar-refractivity contribution in [3.63, 3.8) is 0 Å². The second kappa shape index (κ2) is 8.34. The number of hydrogen-bond donors (Lipinski definition) is 0. The molecule has 2 aromatic carbocycles. The van der Waals surface area contributed by atoms with Gasteiger partial charge in [0.15, 0.2) is 0 Å². The molecular weight excluding hydrogens is 282 g/mol. The average Bonchev–Trinajstić information content (AvgIpc) is 2.53. The molecule has 2 nitrogen and oxygen atoms in total. The number of benzene rings is 2. The zero-order valence-corrected chi connectivity index (χ0v) is 12.6. The summed E-state index contributed by atoms with van der Waals surface area (Å²) >= 11 is 6.14. The lowest BCUT2D eigenvalue weighted by molar-refractivity contribution is 0.304. The van der Waals surface area contributed by atoms with Crippen LogP contribution >= 0.6 is 11.6 Å². The van der Waals surface area contributed by atoms with E-state index >= 15 is 0 Å². The molecular formula is C18H18ClNO. The number of ether oxygens (including phenoxy) is 1. The Bertz CT molecular complexity index is 592. The molecule has 1 atom stereocenters. The predicted octanol–water partition coefficient (Wildman–Crippen LogP) is 5.20. The van der Waals surface area contributed by atoms with Gasteiger partial charge in [0.2, 0.25) is 0 Å². The normalized spacial score (nSPS) is 11.6. The van der Waals surface area contributed by atoms with Crippen LogP contribution < -0.4 is 4.74 Å². The molecule has 0 heterocycles. The first-order chi connectivity index (χ1) is 10.3. The van der Waals surface area contributed by atoms with Crippen molar-refractivity contribution in [3.8, 4) is 11.8 Å². The van der Waals surface area contributed by atoms with Crippen LogP contribution in [0.25, 0.3) is 0 Å². The van der Waals surface area contributed by atoms with Gasteiger partial charge in [0, 0.05) is 5.02 Å². The summed E-state index contributed by atoms with van der Waals surface area (Å²) in [6, 6.07) is 19.7. The van der Waals surface area contributed by atoms with Gasteiger partial charge >= 0.3 is 0 Å². The van der Waals surface area contributed by atoms with Crippen LogP contribution in [0.1, 0.15) is 30.7 Å². The molecule has 2 rings (SSSR count). The first-order valence-electron chi connectivity index (χ1n) is 7.13. The van der Waals surface area contributed by atoms with Gasteiger partial charge < -0.3 is 4.74 Å². The van der Waals surface area contributed by atoms with E-state index in [1.807, 2.05) is 54.6 Å². The van der Waals surface area contributed by atoms with Crippen molar-refractivity contribution in [2.45, 2.75) is 25.2 Å². The Balaban J connectivity index is 1.75. The zero-order chi connectivity index (χ0) is 14.9. The zero-order valence-electron chi connectivity index (χ0n) is 11.8. The molecule has 21 heavy (non-hydrogen) atoms. The van der Waals surface area contributed by atoms with Crippen LogP contribution in [0.4, 0.5) is 0 Å². The molecule has 3 heteroatoms. The van der Waals surface area contributed by atoms with Crippen molar-refractivity contribution in [1.29, 1.82) is 5.26 Å². The largest absolute Gasteiger partial charge is 0.494 e. The molecule has 0 aliphatic rings. The van der Waals surface area contributed by atoms with E-state index in [2.05, 4.69) is 6.07 Å². The van der Waals surface area contributed by atoms with E-state index < -0.39 is 0 Å². The van der Waals surface area contributed by atoms with Crippen molar-refractivity contribution in [2.24, 2.45) is 0 Å². The third kappa shape index (κ3) is 4.81. The first kappa shape index (κ1) is 15.4. The van der Waals surface area contributed by atoms with Gasteiger partial charge in [0.05, 0.1) is 18.6 Å². The SMILES string of the molecule is N#CC(CCCCOc1ccccc1)c1ccccc1Cl. The second-order valence-electron chi connectivity index (χ2n) is 4.86.